The van der Waals surface area contributed by atoms with E-state index in [4.69, 9.17) is 4.74 Å². The molecule has 0 bridgehead atoms. The summed E-state index contributed by atoms with van der Waals surface area (Å²) < 4.78 is 5.60. The molecule has 0 fully saturated rings. The molecule has 1 N–H and O–H groups in total. The third-order valence-electron chi connectivity index (χ3n) is 3.28. The third kappa shape index (κ3) is 6.00. The summed E-state index contributed by atoms with van der Waals surface area (Å²) in [6.07, 6.45) is 1.14. The molecule has 0 saturated carbocycles. The quantitative estimate of drug-likeness (QED) is 0.685. The Bertz CT molecular complexity index is 507. The minimum Gasteiger partial charge on any atom is -0.380 e. The average molecular weight is 303 g/mol. The number of nitrogens with one attached hydrogen (secondary N) is 1. The van der Waals surface area contributed by atoms with E-state index < -0.39 is 0 Å². The van der Waals surface area contributed by atoms with Gasteiger partial charge in [-0.2, -0.15) is 0 Å². The summed E-state index contributed by atoms with van der Waals surface area (Å²) in [6, 6.07) is 15.0. The van der Waals surface area contributed by atoms with Crippen LogP contribution in [-0.2, 0) is 11.3 Å². The number of hydrogen-bond acceptors (Lipinski definition) is 3. The summed E-state index contributed by atoms with van der Waals surface area (Å²) >= 11 is 1.85. The van der Waals surface area contributed by atoms with Crippen molar-refractivity contribution in [1.29, 1.82) is 0 Å². The van der Waals surface area contributed by atoms with Crippen molar-refractivity contribution in [2.75, 3.05) is 19.8 Å². The van der Waals surface area contributed by atoms with E-state index in [0.717, 1.165) is 38.6 Å². The number of thiophene rings is 1. The first-order valence-electron chi connectivity index (χ1n) is 7.68. The number of benzene rings is 1. The summed E-state index contributed by atoms with van der Waals surface area (Å²) in [5.74, 6) is 0.723. The smallest absolute Gasteiger partial charge is 0.0591 e. The van der Waals surface area contributed by atoms with Crippen LogP contribution in [0.15, 0.2) is 42.5 Å². The molecule has 2 rings (SSSR count). The molecule has 0 spiro atoms. The first-order chi connectivity index (χ1) is 10.3. The predicted molar refractivity (Wildman–Crippen MR) is 91.7 cm³/mol. The maximum atomic E-state index is 5.60. The molecule has 2 aromatic rings. The molecule has 2 nitrogen and oxygen atoms in total. The van der Waals surface area contributed by atoms with Crippen molar-refractivity contribution in [2.24, 2.45) is 5.92 Å². The minimum atomic E-state index is 0.723. The zero-order chi connectivity index (χ0) is 14.9. The summed E-state index contributed by atoms with van der Waals surface area (Å²) in [5, 5.41) is 3.44. The van der Waals surface area contributed by atoms with Gasteiger partial charge in [-0.15, -0.1) is 11.3 Å². The first-order valence-corrected chi connectivity index (χ1v) is 8.50. The number of ether oxygens (including phenoxy) is 1. The average Bonchev–Trinajstić information content (AvgIpc) is 2.96. The van der Waals surface area contributed by atoms with Crippen molar-refractivity contribution < 1.29 is 4.74 Å². The topological polar surface area (TPSA) is 21.3 Å². The van der Waals surface area contributed by atoms with Crippen molar-refractivity contribution >= 4 is 11.3 Å². The van der Waals surface area contributed by atoms with Gasteiger partial charge < -0.3 is 10.1 Å². The molecule has 0 radical (unpaired) electrons. The van der Waals surface area contributed by atoms with Gasteiger partial charge in [0.2, 0.25) is 0 Å². The van der Waals surface area contributed by atoms with E-state index in [-0.39, 0.29) is 0 Å². The number of rotatable bonds is 9. The molecular weight excluding hydrogens is 278 g/mol. The highest BCUT2D eigenvalue weighted by molar-refractivity contribution is 7.15. The summed E-state index contributed by atoms with van der Waals surface area (Å²) in [7, 11) is 0. The second-order valence-corrected chi connectivity index (χ2v) is 6.77. The first kappa shape index (κ1) is 16.2. The van der Waals surface area contributed by atoms with E-state index in [9.17, 15) is 0 Å². The van der Waals surface area contributed by atoms with Gasteiger partial charge in [-0.25, -0.2) is 0 Å². The number of hydrogen-bond donors (Lipinski definition) is 1. The SMILES string of the molecule is CC(C)CCOCCNCc1ccc(-c2ccccc2)s1. The lowest BCUT2D eigenvalue weighted by Gasteiger charge is -2.07. The van der Waals surface area contributed by atoms with E-state index in [1.807, 2.05) is 11.3 Å². The van der Waals surface area contributed by atoms with E-state index in [1.165, 1.54) is 15.3 Å². The molecule has 0 aliphatic carbocycles. The largest absolute Gasteiger partial charge is 0.380 e. The van der Waals surface area contributed by atoms with Gasteiger partial charge in [0, 0.05) is 29.5 Å². The van der Waals surface area contributed by atoms with Gasteiger partial charge >= 0.3 is 0 Å². The van der Waals surface area contributed by atoms with E-state index in [0.29, 0.717) is 0 Å². The Labute approximate surface area is 132 Å². The lowest BCUT2D eigenvalue weighted by molar-refractivity contribution is 0.125. The minimum absolute atomic E-state index is 0.723. The molecule has 1 aromatic carbocycles. The summed E-state index contributed by atoms with van der Waals surface area (Å²) in [6.45, 7) is 7.95. The van der Waals surface area contributed by atoms with Gasteiger partial charge in [-0.05, 0) is 30.0 Å². The van der Waals surface area contributed by atoms with Crippen LogP contribution in [0.5, 0.6) is 0 Å². The normalized spacial score (nSPS) is 11.2. The van der Waals surface area contributed by atoms with Crippen LogP contribution in [0.4, 0.5) is 0 Å². The van der Waals surface area contributed by atoms with E-state index >= 15 is 0 Å². The van der Waals surface area contributed by atoms with Crippen LogP contribution in [0.3, 0.4) is 0 Å². The van der Waals surface area contributed by atoms with Crippen LogP contribution in [0.1, 0.15) is 25.1 Å². The molecule has 3 heteroatoms. The van der Waals surface area contributed by atoms with Crippen LogP contribution >= 0.6 is 11.3 Å². The Kier molecular flexibility index (Phi) is 6.93. The molecule has 21 heavy (non-hydrogen) atoms. The maximum absolute atomic E-state index is 5.60. The highest BCUT2D eigenvalue weighted by atomic mass is 32.1. The fourth-order valence-electron chi connectivity index (χ4n) is 2.01. The van der Waals surface area contributed by atoms with E-state index in [2.05, 4.69) is 61.6 Å². The Morgan fingerprint density at radius 1 is 1.05 bits per heavy atom. The van der Waals surface area contributed by atoms with Gasteiger partial charge in [0.15, 0.2) is 0 Å². The standard InChI is InChI=1S/C18H25NOS/c1-15(2)10-12-20-13-11-19-14-17-8-9-18(21-17)16-6-4-3-5-7-16/h3-9,15,19H,10-14H2,1-2H3. The molecule has 0 aliphatic rings. The molecule has 114 valence electrons. The second kappa shape index (κ2) is 8.98. The highest BCUT2D eigenvalue weighted by Crippen LogP contribution is 2.27. The van der Waals surface area contributed by atoms with Crippen LogP contribution in [0, 0.1) is 5.92 Å². The van der Waals surface area contributed by atoms with Crippen molar-refractivity contribution in [3.05, 3.63) is 47.3 Å². The lowest BCUT2D eigenvalue weighted by Crippen LogP contribution is -2.19. The van der Waals surface area contributed by atoms with Gasteiger partial charge in [-0.1, -0.05) is 44.2 Å². The summed E-state index contributed by atoms with van der Waals surface area (Å²) in [4.78, 5) is 2.71. The zero-order valence-electron chi connectivity index (χ0n) is 13.0. The molecule has 0 saturated heterocycles. The highest BCUT2D eigenvalue weighted by Gasteiger charge is 2.02. The fourth-order valence-corrected chi connectivity index (χ4v) is 2.99. The maximum Gasteiger partial charge on any atom is 0.0591 e. The predicted octanol–water partition coefficient (Wildman–Crippen LogP) is 4.57. The monoisotopic (exact) mass is 303 g/mol. The van der Waals surface area contributed by atoms with Crippen molar-refractivity contribution in [3.63, 3.8) is 0 Å². The van der Waals surface area contributed by atoms with E-state index in [1.54, 1.807) is 0 Å². The molecule has 1 aromatic heterocycles. The Morgan fingerprint density at radius 3 is 2.62 bits per heavy atom. The summed E-state index contributed by atoms with van der Waals surface area (Å²) in [5.41, 5.74) is 1.30. The van der Waals surface area contributed by atoms with Crippen LogP contribution in [0.25, 0.3) is 10.4 Å². The van der Waals surface area contributed by atoms with Crippen molar-refractivity contribution in [3.8, 4) is 10.4 Å². The van der Waals surface area contributed by atoms with Crippen LogP contribution < -0.4 is 5.32 Å². The Balaban J connectivity index is 1.65. The Morgan fingerprint density at radius 2 is 1.86 bits per heavy atom. The Hall–Kier alpha value is -1.16. The molecule has 0 amide bonds. The van der Waals surface area contributed by atoms with Crippen LogP contribution in [0.2, 0.25) is 0 Å². The van der Waals surface area contributed by atoms with Crippen molar-refractivity contribution in [2.45, 2.75) is 26.8 Å². The molecule has 0 atom stereocenters. The van der Waals surface area contributed by atoms with Gasteiger partial charge in [0.25, 0.3) is 0 Å². The van der Waals surface area contributed by atoms with Crippen molar-refractivity contribution in [1.82, 2.24) is 5.32 Å². The fraction of sp³-hybridized carbons (Fsp3) is 0.444. The molecular formula is C18H25NOS. The zero-order valence-corrected chi connectivity index (χ0v) is 13.8. The third-order valence-corrected chi connectivity index (χ3v) is 4.42. The molecule has 0 aliphatic heterocycles. The van der Waals surface area contributed by atoms with Crippen LogP contribution in [-0.4, -0.2) is 19.8 Å². The molecule has 1 heterocycles. The second-order valence-electron chi connectivity index (χ2n) is 5.60. The lowest BCUT2D eigenvalue weighted by atomic mass is 10.1. The van der Waals surface area contributed by atoms with Gasteiger partial charge in [0.1, 0.15) is 0 Å². The molecule has 0 unspecified atom stereocenters. The van der Waals surface area contributed by atoms with Gasteiger partial charge in [-0.3, -0.25) is 0 Å². The van der Waals surface area contributed by atoms with Gasteiger partial charge in [0.05, 0.1) is 6.61 Å².